The van der Waals surface area contributed by atoms with E-state index in [1.165, 1.54) is 13.8 Å². The topological polar surface area (TPSA) is 101 Å². The van der Waals surface area contributed by atoms with E-state index in [0.29, 0.717) is 41.0 Å². The molecule has 8 heteroatoms. The van der Waals surface area contributed by atoms with Gasteiger partial charge in [-0.05, 0) is 67.4 Å². The van der Waals surface area contributed by atoms with Crippen LogP contribution < -0.4 is 19.5 Å². The smallest absolute Gasteiger partial charge is 0.347 e. The molecule has 0 amide bonds. The molecule has 0 unspecified atom stereocenters. The van der Waals surface area contributed by atoms with Crippen molar-refractivity contribution in [1.29, 1.82) is 5.26 Å². The lowest BCUT2D eigenvalue weighted by Crippen LogP contribution is -2.37. The molecule has 0 aliphatic heterocycles. The van der Waals surface area contributed by atoms with Crippen LogP contribution in [-0.2, 0) is 17.9 Å². The Labute approximate surface area is 203 Å². The van der Waals surface area contributed by atoms with E-state index < -0.39 is 11.6 Å². The number of hydrogen-bond acceptors (Lipinski definition) is 6. The van der Waals surface area contributed by atoms with E-state index in [1.807, 2.05) is 36.4 Å². The molecule has 3 aromatic carbocycles. The van der Waals surface area contributed by atoms with E-state index in [4.69, 9.17) is 31.1 Å². The maximum Gasteiger partial charge on any atom is 0.347 e. The summed E-state index contributed by atoms with van der Waals surface area (Å²) in [6.45, 7) is 3.81. The number of carbonyl (C=O) groups is 1. The van der Waals surface area contributed by atoms with E-state index in [2.05, 4.69) is 5.32 Å². The van der Waals surface area contributed by atoms with Crippen LogP contribution in [0.4, 0.5) is 5.69 Å². The van der Waals surface area contributed by atoms with Crippen LogP contribution in [0.25, 0.3) is 0 Å². The predicted octanol–water partition coefficient (Wildman–Crippen LogP) is 5.65. The molecule has 0 spiro atoms. The Kier molecular flexibility index (Phi) is 7.87. The van der Waals surface area contributed by atoms with Gasteiger partial charge in [0, 0.05) is 12.2 Å². The van der Waals surface area contributed by atoms with Gasteiger partial charge in [0.05, 0.1) is 17.7 Å². The van der Waals surface area contributed by atoms with Gasteiger partial charge in [-0.15, -0.1) is 0 Å². The third kappa shape index (κ3) is 6.33. The fourth-order valence-corrected chi connectivity index (χ4v) is 3.24. The minimum atomic E-state index is -1.32. The molecular weight excluding hydrogens is 456 g/mol. The summed E-state index contributed by atoms with van der Waals surface area (Å²) in [7, 11) is 1.58. The molecule has 3 rings (SSSR count). The molecular formula is C26H25ClN2O5. The van der Waals surface area contributed by atoms with E-state index in [0.717, 1.165) is 16.8 Å². The number of nitrogens with zero attached hydrogens (tertiary/aromatic N) is 1. The summed E-state index contributed by atoms with van der Waals surface area (Å²) < 4.78 is 16.9. The largest absolute Gasteiger partial charge is 0.493 e. The van der Waals surface area contributed by atoms with Crippen molar-refractivity contribution in [3.8, 4) is 23.3 Å². The number of anilines is 1. The highest BCUT2D eigenvalue weighted by molar-refractivity contribution is 6.32. The Balaban J connectivity index is 1.64. The molecule has 2 N–H and O–H groups in total. The van der Waals surface area contributed by atoms with Gasteiger partial charge >= 0.3 is 5.97 Å². The molecule has 0 fully saturated rings. The maximum absolute atomic E-state index is 11.2. The molecule has 34 heavy (non-hydrogen) atoms. The van der Waals surface area contributed by atoms with Crippen LogP contribution in [0.15, 0.2) is 60.7 Å². The highest BCUT2D eigenvalue weighted by Gasteiger charge is 2.29. The maximum atomic E-state index is 11.2. The minimum absolute atomic E-state index is 0.293. The van der Waals surface area contributed by atoms with Gasteiger partial charge in [0.1, 0.15) is 18.4 Å². The Morgan fingerprint density at radius 1 is 1.06 bits per heavy atom. The Morgan fingerprint density at radius 2 is 1.76 bits per heavy atom. The first-order chi connectivity index (χ1) is 16.2. The highest BCUT2D eigenvalue weighted by Crippen LogP contribution is 2.30. The predicted molar refractivity (Wildman–Crippen MR) is 130 cm³/mol. The summed E-state index contributed by atoms with van der Waals surface area (Å²) >= 11 is 6.10. The molecule has 0 heterocycles. The van der Waals surface area contributed by atoms with Gasteiger partial charge in [-0.1, -0.05) is 29.8 Å². The zero-order valence-electron chi connectivity index (χ0n) is 19.1. The van der Waals surface area contributed by atoms with Crippen molar-refractivity contribution in [3.63, 3.8) is 0 Å². The number of methoxy groups -OCH3 is 1. The van der Waals surface area contributed by atoms with Gasteiger partial charge in [0.15, 0.2) is 17.1 Å². The highest BCUT2D eigenvalue weighted by atomic mass is 35.5. The molecule has 0 bridgehead atoms. The quantitative estimate of drug-likeness (QED) is 0.386. The lowest BCUT2D eigenvalue weighted by atomic mass is 10.1. The number of nitriles is 1. The number of carboxylic acids is 1. The van der Waals surface area contributed by atoms with E-state index >= 15 is 0 Å². The molecule has 7 nitrogen and oxygen atoms in total. The van der Waals surface area contributed by atoms with Crippen LogP contribution in [0.1, 0.15) is 30.5 Å². The van der Waals surface area contributed by atoms with Gasteiger partial charge < -0.3 is 24.6 Å². The summed E-state index contributed by atoms with van der Waals surface area (Å²) in [6, 6.07) is 20.0. The second kappa shape index (κ2) is 10.8. The normalized spacial score (nSPS) is 10.8. The zero-order valence-corrected chi connectivity index (χ0v) is 19.8. The van der Waals surface area contributed by atoms with Crippen molar-refractivity contribution in [2.24, 2.45) is 0 Å². The van der Waals surface area contributed by atoms with Crippen molar-refractivity contribution in [3.05, 3.63) is 82.4 Å². The fourth-order valence-electron chi connectivity index (χ4n) is 3.02. The average molecular weight is 481 g/mol. The third-order valence-corrected chi connectivity index (χ3v) is 5.33. The summed E-state index contributed by atoms with van der Waals surface area (Å²) in [5.74, 6) is 0.619. The number of rotatable bonds is 10. The van der Waals surface area contributed by atoms with Crippen LogP contribution in [0, 0.1) is 11.3 Å². The molecule has 0 aliphatic carbocycles. The number of carboxylic acid groups (broad SMARTS) is 1. The summed E-state index contributed by atoms with van der Waals surface area (Å²) in [4.78, 5) is 11.2. The van der Waals surface area contributed by atoms with E-state index in [9.17, 15) is 9.90 Å². The van der Waals surface area contributed by atoms with E-state index in [-0.39, 0.29) is 0 Å². The van der Waals surface area contributed by atoms with E-state index in [1.54, 1.807) is 37.4 Å². The molecule has 0 radical (unpaired) electrons. The Morgan fingerprint density at radius 3 is 2.38 bits per heavy atom. The number of hydrogen-bond donors (Lipinski definition) is 2. The zero-order chi connectivity index (χ0) is 24.7. The van der Waals surface area contributed by atoms with Crippen molar-refractivity contribution in [2.75, 3.05) is 12.4 Å². The molecule has 0 atom stereocenters. The Bertz CT molecular complexity index is 1200. The van der Waals surface area contributed by atoms with Crippen LogP contribution >= 0.6 is 11.6 Å². The number of aliphatic carboxylic acids is 1. The van der Waals surface area contributed by atoms with Crippen molar-refractivity contribution in [2.45, 2.75) is 32.6 Å². The molecule has 0 aromatic heterocycles. The monoisotopic (exact) mass is 480 g/mol. The first kappa shape index (κ1) is 24.7. The molecule has 0 saturated heterocycles. The van der Waals surface area contributed by atoms with Gasteiger partial charge in [-0.3, -0.25) is 0 Å². The number of nitrogens with one attached hydrogen (secondary N) is 1. The van der Waals surface area contributed by atoms with Crippen molar-refractivity contribution < 1.29 is 24.1 Å². The minimum Gasteiger partial charge on any atom is -0.493 e. The second-order valence-corrected chi connectivity index (χ2v) is 8.40. The van der Waals surface area contributed by atoms with Crippen LogP contribution in [0.5, 0.6) is 17.2 Å². The van der Waals surface area contributed by atoms with Crippen molar-refractivity contribution in [1.82, 2.24) is 0 Å². The first-order valence-corrected chi connectivity index (χ1v) is 10.8. The van der Waals surface area contributed by atoms with Crippen molar-refractivity contribution >= 4 is 23.3 Å². The third-order valence-electron chi connectivity index (χ3n) is 5.02. The lowest BCUT2D eigenvalue weighted by molar-refractivity contribution is -0.152. The fraction of sp³-hybridized carbons (Fsp3) is 0.231. The summed E-state index contributed by atoms with van der Waals surface area (Å²) in [5, 5.41) is 21.9. The average Bonchev–Trinajstić information content (AvgIpc) is 2.82. The molecule has 0 aliphatic rings. The molecule has 176 valence electrons. The summed E-state index contributed by atoms with van der Waals surface area (Å²) in [6.07, 6.45) is 0. The molecule has 0 saturated carbocycles. The standard InChI is InChI=1S/C26H25ClN2O5/c1-26(2,25(30)31)34-21-9-4-17(5-10-21)16-33-24-12-18(6-11-23(24)32-3)15-29-20-8-7-19(14-28)22(27)13-20/h4-13,29H,15-16H2,1-3H3,(H,30,31). The number of benzene rings is 3. The first-order valence-electron chi connectivity index (χ1n) is 10.5. The van der Waals surface area contributed by atoms with Crippen LogP contribution in [0.2, 0.25) is 5.02 Å². The second-order valence-electron chi connectivity index (χ2n) is 8.00. The SMILES string of the molecule is COc1ccc(CNc2ccc(C#N)c(Cl)c2)cc1OCc1ccc(OC(C)(C)C(=O)O)cc1. The van der Waals surface area contributed by atoms with Crippen LogP contribution in [0.3, 0.4) is 0 Å². The van der Waals surface area contributed by atoms with Gasteiger partial charge in [-0.2, -0.15) is 5.26 Å². The lowest BCUT2D eigenvalue weighted by Gasteiger charge is -2.21. The summed E-state index contributed by atoms with van der Waals surface area (Å²) in [5.41, 5.74) is 1.77. The van der Waals surface area contributed by atoms with Gasteiger partial charge in [-0.25, -0.2) is 4.79 Å². The molecule has 3 aromatic rings. The van der Waals surface area contributed by atoms with Gasteiger partial charge in [0.25, 0.3) is 0 Å². The Hall–Kier alpha value is -3.89. The number of halogens is 1. The van der Waals surface area contributed by atoms with Gasteiger partial charge in [0.2, 0.25) is 0 Å². The van der Waals surface area contributed by atoms with Crippen LogP contribution in [-0.4, -0.2) is 23.8 Å². The number of ether oxygens (including phenoxy) is 3.